The van der Waals surface area contributed by atoms with Crippen molar-refractivity contribution < 1.29 is 14.0 Å². The van der Waals surface area contributed by atoms with Crippen molar-refractivity contribution in [2.75, 3.05) is 19.8 Å². The number of ether oxygens (including phenoxy) is 1. The van der Waals surface area contributed by atoms with Gasteiger partial charge in [0.05, 0.1) is 19.8 Å². The highest BCUT2D eigenvalue weighted by molar-refractivity contribution is 5.29. The number of rotatable bonds is 1. The van der Waals surface area contributed by atoms with Gasteiger partial charge < -0.3 is 9.57 Å². The summed E-state index contributed by atoms with van der Waals surface area (Å²) in [5.74, 6) is 0.000370. The van der Waals surface area contributed by atoms with Crippen LogP contribution >= 0.6 is 0 Å². The molecule has 0 unspecified atom stereocenters. The van der Waals surface area contributed by atoms with Crippen LogP contribution in [-0.2, 0) is 15.1 Å². The van der Waals surface area contributed by atoms with E-state index < -0.39 is 5.54 Å². The molecule has 80 valence electrons. The third-order valence-electron chi connectivity index (χ3n) is 3.24. The highest BCUT2D eigenvalue weighted by Gasteiger charge is 2.51. The summed E-state index contributed by atoms with van der Waals surface area (Å²) in [6.07, 6.45) is 0. The van der Waals surface area contributed by atoms with Crippen molar-refractivity contribution in [3.05, 3.63) is 35.6 Å². The van der Waals surface area contributed by atoms with E-state index in [1.165, 1.54) is 6.07 Å². The summed E-state index contributed by atoms with van der Waals surface area (Å²) in [5, 5.41) is 0. The Kier molecular flexibility index (Phi) is 2.02. The molecule has 0 aromatic heterocycles. The Balaban J connectivity index is 2.08. The third-order valence-corrected chi connectivity index (χ3v) is 3.24. The molecular formula is C11H12FNO2. The molecule has 2 aliphatic heterocycles. The molecule has 1 aromatic carbocycles. The van der Waals surface area contributed by atoms with Crippen LogP contribution in [0.1, 0.15) is 5.56 Å². The largest absolute Gasteiger partial charge is 0.379 e. The molecule has 0 radical (unpaired) electrons. The lowest BCUT2D eigenvalue weighted by atomic mass is 9.82. The number of hydrogen-bond acceptors (Lipinski definition) is 3. The second-order valence-corrected chi connectivity index (χ2v) is 4.08. The smallest absolute Gasteiger partial charge is 0.128 e. The Labute approximate surface area is 87.1 Å². The van der Waals surface area contributed by atoms with Crippen molar-refractivity contribution in [1.82, 2.24) is 5.48 Å². The van der Waals surface area contributed by atoms with Crippen LogP contribution in [0.2, 0.25) is 0 Å². The topological polar surface area (TPSA) is 30.5 Å². The van der Waals surface area contributed by atoms with Crippen molar-refractivity contribution in [1.29, 1.82) is 0 Å². The van der Waals surface area contributed by atoms with Crippen LogP contribution in [0.4, 0.5) is 4.39 Å². The van der Waals surface area contributed by atoms with E-state index in [1.54, 1.807) is 12.1 Å². The van der Waals surface area contributed by atoms with Crippen LogP contribution in [0.5, 0.6) is 0 Å². The summed E-state index contributed by atoms with van der Waals surface area (Å²) in [4.78, 5) is 5.23. The Morgan fingerprint density at radius 3 is 3.07 bits per heavy atom. The molecule has 0 saturated carbocycles. The van der Waals surface area contributed by atoms with Gasteiger partial charge in [-0.1, -0.05) is 18.2 Å². The number of nitrogens with one attached hydrogen (secondary N) is 1. The fourth-order valence-electron chi connectivity index (χ4n) is 2.37. The minimum atomic E-state index is -0.481. The van der Waals surface area contributed by atoms with E-state index in [1.807, 2.05) is 6.07 Å². The molecule has 2 fully saturated rings. The predicted octanol–water partition coefficient (Wildman–Crippen LogP) is 1.20. The predicted molar refractivity (Wildman–Crippen MR) is 51.5 cm³/mol. The molecule has 3 nitrogen and oxygen atoms in total. The zero-order valence-electron chi connectivity index (χ0n) is 8.20. The minimum absolute atomic E-state index is 0.203. The van der Waals surface area contributed by atoms with E-state index in [-0.39, 0.29) is 11.7 Å². The van der Waals surface area contributed by atoms with E-state index in [9.17, 15) is 4.39 Å². The van der Waals surface area contributed by atoms with E-state index in [4.69, 9.17) is 9.57 Å². The van der Waals surface area contributed by atoms with Crippen LogP contribution in [-0.4, -0.2) is 19.8 Å². The number of benzene rings is 1. The van der Waals surface area contributed by atoms with Gasteiger partial charge in [-0.25, -0.2) is 4.39 Å². The zero-order chi connectivity index (χ0) is 10.3. The Bertz CT molecular complexity index is 373. The lowest BCUT2D eigenvalue weighted by molar-refractivity contribution is 0.0242. The van der Waals surface area contributed by atoms with Gasteiger partial charge >= 0.3 is 0 Å². The molecule has 1 aromatic rings. The van der Waals surface area contributed by atoms with Gasteiger partial charge in [0.15, 0.2) is 0 Å². The summed E-state index contributed by atoms with van der Waals surface area (Å²) in [6, 6.07) is 6.79. The molecule has 2 atom stereocenters. The van der Waals surface area contributed by atoms with E-state index in [0.29, 0.717) is 25.4 Å². The van der Waals surface area contributed by atoms with Gasteiger partial charge in [0.25, 0.3) is 0 Å². The maximum Gasteiger partial charge on any atom is 0.128 e. The van der Waals surface area contributed by atoms with Crippen LogP contribution in [0.15, 0.2) is 24.3 Å². The summed E-state index contributed by atoms with van der Waals surface area (Å²) in [5.41, 5.74) is 3.09. The average molecular weight is 209 g/mol. The number of hydrogen-bond donors (Lipinski definition) is 1. The SMILES string of the molecule is Fc1ccccc1[C@@]12COC[C@H]1CON2. The van der Waals surface area contributed by atoms with Gasteiger partial charge in [-0.2, -0.15) is 5.48 Å². The average Bonchev–Trinajstić information content (AvgIpc) is 2.77. The van der Waals surface area contributed by atoms with E-state index in [2.05, 4.69) is 5.48 Å². The lowest BCUT2D eigenvalue weighted by Gasteiger charge is -2.26. The zero-order valence-corrected chi connectivity index (χ0v) is 8.20. The first-order valence-electron chi connectivity index (χ1n) is 5.05. The molecule has 15 heavy (non-hydrogen) atoms. The Morgan fingerprint density at radius 1 is 1.33 bits per heavy atom. The first kappa shape index (κ1) is 9.27. The molecule has 0 aliphatic carbocycles. The van der Waals surface area contributed by atoms with Gasteiger partial charge in [0.2, 0.25) is 0 Å². The molecule has 0 bridgehead atoms. The molecule has 1 N–H and O–H groups in total. The highest BCUT2D eigenvalue weighted by Crippen LogP contribution is 2.40. The summed E-state index contributed by atoms with van der Waals surface area (Å²) in [7, 11) is 0. The number of halogens is 1. The normalized spacial score (nSPS) is 34.3. The van der Waals surface area contributed by atoms with Crippen LogP contribution < -0.4 is 5.48 Å². The molecule has 2 heterocycles. The van der Waals surface area contributed by atoms with Gasteiger partial charge in [-0.15, -0.1) is 0 Å². The standard InChI is InChI=1S/C11H12FNO2/c12-10-4-2-1-3-9(10)11-7-14-5-8(11)6-15-13-11/h1-4,8,13H,5-7H2/t8-,11+/m0/s1. The van der Waals surface area contributed by atoms with Gasteiger partial charge in [0.1, 0.15) is 11.4 Å². The second kappa shape index (κ2) is 3.27. The molecule has 2 saturated heterocycles. The van der Waals surface area contributed by atoms with Crippen molar-refractivity contribution >= 4 is 0 Å². The quantitative estimate of drug-likeness (QED) is 0.754. The summed E-state index contributed by atoms with van der Waals surface area (Å²) < 4.78 is 19.1. The van der Waals surface area contributed by atoms with Crippen molar-refractivity contribution in [2.24, 2.45) is 5.92 Å². The Hall–Kier alpha value is -0.970. The maximum absolute atomic E-state index is 13.7. The van der Waals surface area contributed by atoms with Crippen molar-refractivity contribution in [3.8, 4) is 0 Å². The second-order valence-electron chi connectivity index (χ2n) is 4.08. The Morgan fingerprint density at radius 2 is 2.20 bits per heavy atom. The van der Waals surface area contributed by atoms with Crippen LogP contribution in [0, 0.1) is 11.7 Å². The molecule has 3 rings (SSSR count). The number of fused-ring (bicyclic) bond motifs is 1. The maximum atomic E-state index is 13.7. The molecule has 4 heteroatoms. The summed E-state index contributed by atoms with van der Waals surface area (Å²) in [6.45, 7) is 1.67. The fourth-order valence-corrected chi connectivity index (χ4v) is 2.37. The fraction of sp³-hybridized carbons (Fsp3) is 0.455. The summed E-state index contributed by atoms with van der Waals surface area (Å²) >= 11 is 0. The first-order chi connectivity index (χ1) is 7.33. The minimum Gasteiger partial charge on any atom is -0.379 e. The highest BCUT2D eigenvalue weighted by atomic mass is 19.1. The van der Waals surface area contributed by atoms with Crippen LogP contribution in [0.25, 0.3) is 0 Å². The lowest BCUT2D eigenvalue weighted by Crippen LogP contribution is -2.42. The monoisotopic (exact) mass is 209 g/mol. The van der Waals surface area contributed by atoms with Crippen molar-refractivity contribution in [2.45, 2.75) is 5.54 Å². The van der Waals surface area contributed by atoms with Crippen molar-refractivity contribution in [3.63, 3.8) is 0 Å². The van der Waals surface area contributed by atoms with Gasteiger partial charge in [-0.05, 0) is 6.07 Å². The van der Waals surface area contributed by atoms with Gasteiger partial charge in [-0.3, -0.25) is 0 Å². The van der Waals surface area contributed by atoms with Crippen LogP contribution in [0.3, 0.4) is 0 Å². The number of hydroxylamine groups is 1. The van der Waals surface area contributed by atoms with Gasteiger partial charge in [0, 0.05) is 11.5 Å². The molecule has 2 aliphatic rings. The van der Waals surface area contributed by atoms with E-state index >= 15 is 0 Å². The first-order valence-corrected chi connectivity index (χ1v) is 5.05. The van der Waals surface area contributed by atoms with E-state index in [0.717, 1.165) is 0 Å². The molecule has 0 amide bonds. The molecular weight excluding hydrogens is 197 g/mol. The third kappa shape index (κ3) is 1.22. The molecule has 0 spiro atoms.